The van der Waals surface area contributed by atoms with E-state index in [0.29, 0.717) is 12.2 Å². The Morgan fingerprint density at radius 1 is 1.21 bits per heavy atom. The number of amides is 1. The predicted octanol–water partition coefficient (Wildman–Crippen LogP) is 2.47. The third kappa shape index (κ3) is 2.84. The van der Waals surface area contributed by atoms with Crippen LogP contribution in [0.4, 0.5) is 5.82 Å². The Kier molecular flexibility index (Phi) is 3.31. The number of aryl methyl sites for hydroxylation is 2. The maximum absolute atomic E-state index is 11.9. The third-order valence-electron chi connectivity index (χ3n) is 3.55. The van der Waals surface area contributed by atoms with Crippen molar-refractivity contribution in [1.82, 2.24) is 10.2 Å². The summed E-state index contributed by atoms with van der Waals surface area (Å²) in [6.07, 6.45) is 6.89. The monoisotopic (exact) mass is 255 g/mol. The molecule has 0 saturated carbocycles. The van der Waals surface area contributed by atoms with Crippen LogP contribution in [0.5, 0.6) is 0 Å². The van der Waals surface area contributed by atoms with Gasteiger partial charge in [0.15, 0.2) is 0 Å². The second-order valence-corrected chi connectivity index (χ2v) is 5.01. The van der Waals surface area contributed by atoms with Crippen LogP contribution in [0.2, 0.25) is 0 Å². The Bertz CT molecular complexity index is 575. The van der Waals surface area contributed by atoms with Crippen molar-refractivity contribution in [3.63, 3.8) is 0 Å². The lowest BCUT2D eigenvalue weighted by Crippen LogP contribution is -2.15. The average Bonchev–Trinajstić information content (AvgIpc) is 2.91. The fourth-order valence-electron chi connectivity index (χ4n) is 2.60. The van der Waals surface area contributed by atoms with Crippen LogP contribution in [0.15, 0.2) is 30.5 Å². The summed E-state index contributed by atoms with van der Waals surface area (Å²) in [7, 11) is 0. The normalized spacial score (nSPS) is 13.9. The zero-order valence-electron chi connectivity index (χ0n) is 10.8. The van der Waals surface area contributed by atoms with Gasteiger partial charge in [0.25, 0.3) is 0 Å². The molecular formula is C15H17N3O. The molecule has 3 rings (SSSR count). The first kappa shape index (κ1) is 12.0. The van der Waals surface area contributed by atoms with E-state index in [2.05, 4.69) is 33.7 Å². The van der Waals surface area contributed by atoms with Crippen molar-refractivity contribution in [3.05, 3.63) is 47.2 Å². The molecule has 19 heavy (non-hydrogen) atoms. The van der Waals surface area contributed by atoms with E-state index in [1.54, 1.807) is 12.3 Å². The second-order valence-electron chi connectivity index (χ2n) is 5.01. The molecule has 1 aliphatic carbocycles. The molecule has 0 saturated heterocycles. The smallest absolute Gasteiger partial charge is 0.229 e. The highest BCUT2D eigenvalue weighted by atomic mass is 16.1. The van der Waals surface area contributed by atoms with Gasteiger partial charge in [-0.15, -0.1) is 0 Å². The number of rotatable bonds is 3. The van der Waals surface area contributed by atoms with Crippen molar-refractivity contribution in [1.29, 1.82) is 0 Å². The zero-order valence-corrected chi connectivity index (χ0v) is 10.8. The fourth-order valence-corrected chi connectivity index (χ4v) is 2.60. The largest absolute Gasteiger partial charge is 0.311 e. The van der Waals surface area contributed by atoms with Gasteiger partial charge in [-0.1, -0.05) is 18.2 Å². The standard InChI is InChI=1S/C15H17N3O/c19-15(17-14-7-8-16-18-14)10-11-5-6-12-3-1-2-4-13(12)9-11/h5-9H,1-4,10H2,(H2,16,17,18,19). The van der Waals surface area contributed by atoms with Gasteiger partial charge in [0.2, 0.25) is 5.91 Å². The number of hydrogen-bond acceptors (Lipinski definition) is 2. The van der Waals surface area contributed by atoms with Gasteiger partial charge in [-0.25, -0.2) is 0 Å². The van der Waals surface area contributed by atoms with Crippen molar-refractivity contribution in [2.24, 2.45) is 0 Å². The number of hydrogen-bond donors (Lipinski definition) is 2. The summed E-state index contributed by atoms with van der Waals surface area (Å²) in [6, 6.07) is 8.16. The summed E-state index contributed by atoms with van der Waals surface area (Å²) < 4.78 is 0. The Morgan fingerprint density at radius 2 is 2.05 bits per heavy atom. The van der Waals surface area contributed by atoms with Crippen LogP contribution in [-0.4, -0.2) is 16.1 Å². The minimum atomic E-state index is -0.0139. The van der Waals surface area contributed by atoms with Crippen molar-refractivity contribution < 1.29 is 4.79 Å². The number of aromatic nitrogens is 2. The first-order chi connectivity index (χ1) is 9.31. The molecule has 0 bridgehead atoms. The number of nitrogens with one attached hydrogen (secondary N) is 2. The number of carbonyl (C=O) groups is 1. The molecule has 0 aliphatic heterocycles. The highest BCUT2D eigenvalue weighted by molar-refractivity contribution is 5.91. The second kappa shape index (κ2) is 5.26. The molecule has 1 amide bonds. The van der Waals surface area contributed by atoms with E-state index in [0.717, 1.165) is 12.0 Å². The number of fused-ring (bicyclic) bond motifs is 1. The summed E-state index contributed by atoms with van der Waals surface area (Å²) in [6.45, 7) is 0. The lowest BCUT2D eigenvalue weighted by Gasteiger charge is -2.16. The molecule has 0 atom stereocenters. The van der Waals surface area contributed by atoms with E-state index in [9.17, 15) is 4.79 Å². The van der Waals surface area contributed by atoms with Gasteiger partial charge < -0.3 is 5.32 Å². The van der Waals surface area contributed by atoms with E-state index in [4.69, 9.17) is 0 Å². The van der Waals surface area contributed by atoms with Crippen LogP contribution in [0, 0.1) is 0 Å². The minimum absolute atomic E-state index is 0.0139. The molecule has 4 nitrogen and oxygen atoms in total. The van der Waals surface area contributed by atoms with E-state index in [1.807, 2.05) is 0 Å². The summed E-state index contributed by atoms with van der Waals surface area (Å²) in [4.78, 5) is 11.9. The molecule has 1 aromatic heterocycles. The van der Waals surface area contributed by atoms with Crippen LogP contribution >= 0.6 is 0 Å². The van der Waals surface area contributed by atoms with Crippen molar-refractivity contribution in [3.8, 4) is 0 Å². The fraction of sp³-hybridized carbons (Fsp3) is 0.333. The van der Waals surface area contributed by atoms with Crippen LogP contribution in [0.1, 0.15) is 29.5 Å². The molecule has 0 unspecified atom stereocenters. The Labute approximate surface area is 112 Å². The number of carbonyl (C=O) groups excluding carboxylic acids is 1. The van der Waals surface area contributed by atoms with Gasteiger partial charge in [0, 0.05) is 6.07 Å². The highest BCUT2D eigenvalue weighted by Crippen LogP contribution is 2.22. The van der Waals surface area contributed by atoms with Crippen molar-refractivity contribution in [2.75, 3.05) is 5.32 Å². The quantitative estimate of drug-likeness (QED) is 0.885. The van der Waals surface area contributed by atoms with Gasteiger partial charge in [-0.2, -0.15) is 5.10 Å². The van der Waals surface area contributed by atoms with Crippen molar-refractivity contribution >= 4 is 11.7 Å². The molecule has 98 valence electrons. The summed E-state index contributed by atoms with van der Waals surface area (Å²) in [5.41, 5.74) is 3.94. The van der Waals surface area contributed by atoms with E-state index < -0.39 is 0 Å². The number of anilines is 1. The van der Waals surface area contributed by atoms with Gasteiger partial charge in [0.1, 0.15) is 5.82 Å². The Balaban J connectivity index is 1.67. The maximum Gasteiger partial charge on any atom is 0.229 e. The third-order valence-corrected chi connectivity index (χ3v) is 3.55. The predicted molar refractivity (Wildman–Crippen MR) is 74.0 cm³/mol. The molecule has 4 heteroatoms. The first-order valence-electron chi connectivity index (χ1n) is 6.71. The zero-order chi connectivity index (χ0) is 13.1. The first-order valence-corrected chi connectivity index (χ1v) is 6.71. The lowest BCUT2D eigenvalue weighted by molar-refractivity contribution is -0.115. The molecule has 0 fully saturated rings. The van der Waals surface area contributed by atoms with Crippen LogP contribution in [0.25, 0.3) is 0 Å². The molecule has 2 N–H and O–H groups in total. The maximum atomic E-state index is 11.9. The molecule has 0 spiro atoms. The summed E-state index contributed by atoms with van der Waals surface area (Å²) in [5, 5.41) is 9.32. The van der Waals surface area contributed by atoms with Crippen molar-refractivity contribution in [2.45, 2.75) is 32.1 Å². The molecule has 1 aliphatic rings. The van der Waals surface area contributed by atoms with Crippen LogP contribution < -0.4 is 5.32 Å². The Morgan fingerprint density at radius 3 is 2.84 bits per heavy atom. The number of aromatic amines is 1. The number of benzene rings is 1. The highest BCUT2D eigenvalue weighted by Gasteiger charge is 2.11. The molecular weight excluding hydrogens is 238 g/mol. The topological polar surface area (TPSA) is 57.8 Å². The number of nitrogens with zero attached hydrogens (tertiary/aromatic N) is 1. The minimum Gasteiger partial charge on any atom is -0.311 e. The number of H-pyrrole nitrogens is 1. The molecule has 0 radical (unpaired) electrons. The van der Waals surface area contributed by atoms with E-state index >= 15 is 0 Å². The Hall–Kier alpha value is -2.10. The average molecular weight is 255 g/mol. The van der Waals surface area contributed by atoms with Crippen LogP contribution in [-0.2, 0) is 24.1 Å². The van der Waals surface area contributed by atoms with Gasteiger partial charge in [-0.05, 0) is 42.4 Å². The lowest BCUT2D eigenvalue weighted by atomic mass is 9.90. The van der Waals surface area contributed by atoms with Crippen LogP contribution in [0.3, 0.4) is 0 Å². The molecule has 1 aromatic carbocycles. The van der Waals surface area contributed by atoms with Gasteiger partial charge in [0.05, 0.1) is 12.6 Å². The summed E-state index contributed by atoms with van der Waals surface area (Å²) >= 11 is 0. The van der Waals surface area contributed by atoms with Gasteiger partial charge >= 0.3 is 0 Å². The SMILES string of the molecule is O=C(Cc1ccc2c(c1)CCCC2)Nc1ccn[nH]1. The van der Waals surface area contributed by atoms with E-state index in [1.165, 1.54) is 30.4 Å². The van der Waals surface area contributed by atoms with Gasteiger partial charge in [-0.3, -0.25) is 9.89 Å². The molecule has 1 heterocycles. The van der Waals surface area contributed by atoms with E-state index in [-0.39, 0.29) is 5.91 Å². The molecule has 2 aromatic rings. The summed E-state index contributed by atoms with van der Waals surface area (Å²) in [5.74, 6) is 0.628.